The molecule has 0 unspecified atom stereocenters. The summed E-state index contributed by atoms with van der Waals surface area (Å²) in [4.78, 5) is 11.5. The van der Waals surface area contributed by atoms with E-state index in [1.54, 1.807) is 22.7 Å². The van der Waals surface area contributed by atoms with Gasteiger partial charge in [0.05, 0.1) is 54.2 Å². The molecule has 8 nitrogen and oxygen atoms in total. The van der Waals surface area contributed by atoms with Crippen LogP contribution in [0.4, 0.5) is 0 Å². The van der Waals surface area contributed by atoms with E-state index in [0.29, 0.717) is 0 Å². The number of aromatic nitrogens is 2. The van der Waals surface area contributed by atoms with Crippen molar-refractivity contribution in [2.75, 3.05) is 11.5 Å². The maximum absolute atomic E-state index is 9.72. The highest BCUT2D eigenvalue weighted by molar-refractivity contribution is 7.89. The molecule has 0 saturated carbocycles. The quantitative estimate of drug-likeness (QED) is 0.290. The summed E-state index contributed by atoms with van der Waals surface area (Å²) in [6, 6.07) is 20.7. The zero-order valence-electron chi connectivity index (χ0n) is 19.7. The Hall–Kier alpha value is -2.48. The van der Waals surface area contributed by atoms with Gasteiger partial charge in [-0.25, -0.2) is 26.8 Å². The Morgan fingerprint density at radius 2 is 0.972 bits per heavy atom. The molecule has 194 valence electrons. The van der Waals surface area contributed by atoms with Gasteiger partial charge in [0.25, 0.3) is 0 Å². The maximum Gasteiger partial charge on any atom is 0.0955 e. The van der Waals surface area contributed by atoms with Crippen molar-refractivity contribution in [1.82, 2.24) is 9.97 Å². The van der Waals surface area contributed by atoms with Crippen LogP contribution in [-0.4, -0.2) is 47.4 Å². The molecule has 0 bridgehead atoms. The molecule has 2 aromatic carbocycles. The topological polar surface area (TPSA) is 140 Å². The van der Waals surface area contributed by atoms with Gasteiger partial charge in [0, 0.05) is 20.9 Å². The van der Waals surface area contributed by atoms with Gasteiger partial charge < -0.3 is 9.11 Å². The van der Waals surface area contributed by atoms with Crippen LogP contribution in [0, 0.1) is 0 Å². The van der Waals surface area contributed by atoms with E-state index in [1.165, 1.54) is 20.9 Å². The van der Waals surface area contributed by atoms with E-state index in [1.807, 2.05) is 47.4 Å². The smallest absolute Gasteiger partial charge is 0.0955 e. The average molecular weight is 567 g/mol. The number of nitrogens with zero attached hydrogens (tertiary/aromatic N) is 2. The monoisotopic (exact) mass is 566 g/mol. The second-order valence-electron chi connectivity index (χ2n) is 7.21. The lowest BCUT2D eigenvalue weighted by Crippen LogP contribution is -2.15. The van der Waals surface area contributed by atoms with Crippen LogP contribution in [-0.2, 0) is 33.1 Å². The Balaban J connectivity index is 0.000000193. The van der Waals surface area contributed by atoms with Crippen molar-refractivity contribution < 1.29 is 25.9 Å². The van der Waals surface area contributed by atoms with Gasteiger partial charge in [0.1, 0.15) is 0 Å². The predicted molar refractivity (Wildman–Crippen MR) is 143 cm³/mol. The van der Waals surface area contributed by atoms with Gasteiger partial charge in [-0.1, -0.05) is 74.5 Å². The molecule has 0 fully saturated rings. The van der Waals surface area contributed by atoms with Gasteiger partial charge in [-0.15, -0.1) is 22.7 Å². The summed E-state index contributed by atoms with van der Waals surface area (Å²) < 4.78 is 58.3. The molecule has 0 aliphatic rings. The van der Waals surface area contributed by atoms with E-state index in [0.717, 1.165) is 24.2 Å². The Kier molecular flexibility index (Phi) is 11.8. The first-order valence-electron chi connectivity index (χ1n) is 10.9. The Morgan fingerprint density at radius 3 is 1.25 bits per heavy atom. The molecule has 0 spiro atoms. The predicted octanol–water partition coefficient (Wildman–Crippen LogP) is 4.82. The second kappa shape index (κ2) is 14.3. The fourth-order valence-electron chi connectivity index (χ4n) is 2.91. The van der Waals surface area contributed by atoms with E-state index in [4.69, 9.17) is 0 Å². The van der Waals surface area contributed by atoms with Gasteiger partial charge >= 0.3 is 0 Å². The molecular formula is C24H26N2O6S4-2. The normalized spacial score (nSPS) is 11.1. The highest BCUT2D eigenvalue weighted by Crippen LogP contribution is 2.26. The van der Waals surface area contributed by atoms with Crippen molar-refractivity contribution in [2.24, 2.45) is 0 Å². The van der Waals surface area contributed by atoms with Crippen LogP contribution in [0.2, 0.25) is 0 Å². The molecule has 0 radical (unpaired) electrons. The zero-order valence-corrected chi connectivity index (χ0v) is 23.0. The van der Waals surface area contributed by atoms with Crippen LogP contribution >= 0.6 is 22.7 Å². The van der Waals surface area contributed by atoms with Crippen LogP contribution in [0.25, 0.3) is 22.5 Å². The Morgan fingerprint density at radius 1 is 0.639 bits per heavy atom. The number of hydrogen-bond donors (Lipinski definition) is 0. The number of rotatable bonds is 7. The molecule has 0 aliphatic carbocycles. The van der Waals surface area contributed by atoms with Crippen LogP contribution < -0.4 is 0 Å². The van der Waals surface area contributed by atoms with Crippen LogP contribution in [0.3, 0.4) is 0 Å². The van der Waals surface area contributed by atoms with Gasteiger partial charge in [0.2, 0.25) is 0 Å². The molecule has 0 saturated heterocycles. The third kappa shape index (κ3) is 10.6. The van der Waals surface area contributed by atoms with Gasteiger partial charge in [-0.05, 0) is 12.8 Å². The fraction of sp³-hybridized carbons (Fsp3) is 0.250. The number of hydrogen-bond acceptors (Lipinski definition) is 10. The molecule has 4 aromatic rings. The molecule has 0 N–H and O–H groups in total. The molecule has 0 atom stereocenters. The summed E-state index contributed by atoms with van der Waals surface area (Å²) in [5.74, 6) is -2.31. The molecule has 12 heteroatoms. The van der Waals surface area contributed by atoms with E-state index < -0.39 is 31.7 Å². The molecular weight excluding hydrogens is 541 g/mol. The Bertz CT molecular complexity index is 1290. The van der Waals surface area contributed by atoms with Crippen molar-refractivity contribution >= 4 is 42.9 Å². The lowest BCUT2D eigenvalue weighted by atomic mass is 10.1. The Labute approximate surface area is 220 Å². The van der Waals surface area contributed by atoms with Crippen molar-refractivity contribution in [2.45, 2.75) is 26.7 Å². The van der Waals surface area contributed by atoms with Gasteiger partial charge in [-0.2, -0.15) is 0 Å². The van der Waals surface area contributed by atoms with Gasteiger partial charge in [-0.3, -0.25) is 0 Å². The molecule has 0 amide bonds. The van der Waals surface area contributed by atoms with Crippen LogP contribution in [0.5, 0.6) is 0 Å². The number of thiazole rings is 2. The summed E-state index contributed by atoms with van der Waals surface area (Å²) in [6.07, 6.45) is 2.13. The van der Waals surface area contributed by atoms with Crippen molar-refractivity contribution in [3.63, 3.8) is 0 Å². The van der Waals surface area contributed by atoms with Crippen LogP contribution in [0.1, 0.15) is 23.6 Å². The van der Waals surface area contributed by atoms with Crippen molar-refractivity contribution in [3.05, 3.63) is 81.4 Å². The summed E-state index contributed by atoms with van der Waals surface area (Å²) in [6.45, 7) is 4.33. The summed E-state index contributed by atoms with van der Waals surface area (Å²) >= 11 is 3.47. The molecule has 36 heavy (non-hydrogen) atoms. The van der Waals surface area contributed by atoms with Crippen molar-refractivity contribution in [3.8, 4) is 22.5 Å². The highest BCUT2D eigenvalue weighted by atomic mass is 32.2. The second-order valence-corrected chi connectivity index (χ2v) is 12.1. The minimum absolute atomic E-state index is 1.06. The fourth-order valence-corrected chi connectivity index (χ4v) is 6.01. The highest BCUT2D eigenvalue weighted by Gasteiger charge is 2.06. The molecule has 0 aliphatic heterocycles. The molecule has 2 heterocycles. The van der Waals surface area contributed by atoms with E-state index in [2.05, 4.69) is 48.1 Å². The van der Waals surface area contributed by atoms with E-state index in [-0.39, 0.29) is 0 Å². The van der Waals surface area contributed by atoms with E-state index in [9.17, 15) is 25.9 Å². The number of benzene rings is 2. The summed E-state index contributed by atoms with van der Waals surface area (Å²) in [5.41, 5.74) is 8.57. The average Bonchev–Trinajstić information content (AvgIpc) is 3.53. The minimum Gasteiger partial charge on any atom is -0.748 e. The summed E-state index contributed by atoms with van der Waals surface area (Å²) in [5, 5.41) is 0. The SMILES string of the molecule is CCc1scnc1-c1ccccc1.CCc1scnc1-c1ccccc1.O=S(=O)([O-])CCS(=O)(=O)[O-]. The number of aryl methyl sites for hydroxylation is 2. The first kappa shape index (κ1) is 29.7. The summed E-state index contributed by atoms with van der Waals surface area (Å²) in [7, 11) is -9.17. The maximum atomic E-state index is 9.72. The standard InChI is InChI=1S/2C11H11NS.C2H6O6S2/c2*1-2-10-11(12-8-13-10)9-6-4-3-5-7-9;3-9(4,5)1-2-10(6,7)8/h2*3-8H,2H2,1H3;1-2H2,(H,3,4,5)(H,6,7,8)/p-2. The van der Waals surface area contributed by atoms with E-state index >= 15 is 0 Å². The minimum atomic E-state index is -4.59. The lowest BCUT2D eigenvalue weighted by Gasteiger charge is -2.08. The van der Waals surface area contributed by atoms with Gasteiger partial charge in [0.15, 0.2) is 0 Å². The first-order valence-corrected chi connectivity index (χ1v) is 15.8. The molecule has 2 aromatic heterocycles. The van der Waals surface area contributed by atoms with Crippen LogP contribution in [0.15, 0.2) is 71.7 Å². The third-order valence-corrected chi connectivity index (χ3v) is 8.22. The third-order valence-electron chi connectivity index (χ3n) is 4.60. The first-order chi connectivity index (χ1) is 17.0. The zero-order chi connectivity index (χ0) is 26.6. The van der Waals surface area contributed by atoms with Crippen molar-refractivity contribution in [1.29, 1.82) is 0 Å². The molecule has 4 rings (SSSR count). The lowest BCUT2D eigenvalue weighted by molar-refractivity contribution is 0.452. The largest absolute Gasteiger partial charge is 0.748 e.